The first kappa shape index (κ1) is 22.6. The van der Waals surface area contributed by atoms with Crippen LogP contribution in [0.25, 0.3) is 11.5 Å². The zero-order chi connectivity index (χ0) is 19.8. The summed E-state index contributed by atoms with van der Waals surface area (Å²) < 4.78 is 35.0. The Hall–Kier alpha value is -2.69. The van der Waals surface area contributed by atoms with Crippen molar-refractivity contribution in [1.29, 1.82) is 0 Å². The van der Waals surface area contributed by atoms with Crippen LogP contribution in [0.4, 0.5) is 8.78 Å². The summed E-state index contributed by atoms with van der Waals surface area (Å²) in [6, 6.07) is 16.2. The third-order valence-corrected chi connectivity index (χ3v) is 3.87. The van der Waals surface area contributed by atoms with Crippen molar-refractivity contribution in [2.75, 3.05) is 7.05 Å². The molecule has 2 N–H and O–H groups in total. The molecule has 3 rings (SSSR count). The van der Waals surface area contributed by atoms with Gasteiger partial charge in [-0.15, -0.1) is 24.0 Å². The van der Waals surface area contributed by atoms with Crippen LogP contribution in [-0.4, -0.2) is 24.6 Å². The molecule has 0 aliphatic heterocycles. The van der Waals surface area contributed by atoms with E-state index >= 15 is 0 Å². The monoisotopic (exact) mass is 514 g/mol. The quantitative estimate of drug-likeness (QED) is 0.278. The van der Waals surface area contributed by atoms with Crippen molar-refractivity contribution in [3.8, 4) is 17.2 Å². The van der Waals surface area contributed by atoms with Gasteiger partial charge in [0.05, 0.1) is 12.2 Å². The van der Waals surface area contributed by atoms with E-state index in [0.717, 1.165) is 5.56 Å². The number of alkyl halides is 2. The molecule has 0 radical (unpaired) electrons. The highest BCUT2D eigenvalue weighted by Crippen LogP contribution is 2.20. The summed E-state index contributed by atoms with van der Waals surface area (Å²) in [5, 5.41) is 6.17. The fraction of sp³-hybridized carbons (Fsp3) is 0.200. The molecule has 1 aromatic heterocycles. The van der Waals surface area contributed by atoms with Crippen LogP contribution >= 0.6 is 24.0 Å². The lowest BCUT2D eigenvalue weighted by Gasteiger charge is -2.14. The summed E-state index contributed by atoms with van der Waals surface area (Å²) in [6.07, 6.45) is 1.58. The molecular weight excluding hydrogens is 493 g/mol. The molecule has 29 heavy (non-hydrogen) atoms. The van der Waals surface area contributed by atoms with Crippen molar-refractivity contribution >= 4 is 29.9 Å². The van der Waals surface area contributed by atoms with E-state index in [4.69, 9.17) is 4.42 Å². The molecule has 0 saturated heterocycles. The molecule has 6 nitrogen and oxygen atoms in total. The number of ether oxygens (including phenoxy) is 1. The highest BCUT2D eigenvalue weighted by molar-refractivity contribution is 14.0. The standard InChI is InChI=1S/C20H20F2N4O2.HI/c1-23-20(24-11-15-9-5-6-10-17(15)28-19(21)22)25-12-16-13-27-18(26-16)14-7-3-2-4-8-14;/h2-10,13,19H,11-12H2,1H3,(H2,23,24,25);1H. The summed E-state index contributed by atoms with van der Waals surface area (Å²) in [7, 11) is 1.62. The van der Waals surface area contributed by atoms with Crippen LogP contribution in [-0.2, 0) is 13.1 Å². The highest BCUT2D eigenvalue weighted by atomic mass is 127. The minimum Gasteiger partial charge on any atom is -0.444 e. The van der Waals surface area contributed by atoms with Crippen molar-refractivity contribution in [2.45, 2.75) is 19.7 Å². The number of para-hydroxylation sites is 1. The van der Waals surface area contributed by atoms with E-state index in [1.54, 1.807) is 31.5 Å². The van der Waals surface area contributed by atoms with Gasteiger partial charge in [0.2, 0.25) is 5.89 Å². The maximum absolute atomic E-state index is 12.5. The Balaban J connectivity index is 0.00000300. The van der Waals surface area contributed by atoms with E-state index in [-0.39, 0.29) is 36.3 Å². The molecule has 0 atom stereocenters. The first-order valence-corrected chi connectivity index (χ1v) is 8.63. The lowest BCUT2D eigenvalue weighted by Crippen LogP contribution is -2.36. The van der Waals surface area contributed by atoms with E-state index in [0.29, 0.717) is 29.7 Å². The molecule has 0 bridgehead atoms. The summed E-state index contributed by atoms with van der Waals surface area (Å²) in [5.74, 6) is 1.17. The molecule has 0 aliphatic carbocycles. The van der Waals surface area contributed by atoms with E-state index in [9.17, 15) is 8.78 Å². The molecule has 0 saturated carbocycles. The topological polar surface area (TPSA) is 71.7 Å². The smallest absolute Gasteiger partial charge is 0.387 e. The Kier molecular flexibility index (Phi) is 8.84. The van der Waals surface area contributed by atoms with E-state index in [1.807, 2.05) is 30.3 Å². The second kappa shape index (κ2) is 11.3. The molecule has 0 amide bonds. The van der Waals surface area contributed by atoms with Crippen molar-refractivity contribution in [1.82, 2.24) is 15.6 Å². The molecule has 1 heterocycles. The summed E-state index contributed by atoms with van der Waals surface area (Å²) in [4.78, 5) is 8.56. The number of oxazole rings is 1. The van der Waals surface area contributed by atoms with Crippen LogP contribution in [0.15, 0.2) is 70.3 Å². The van der Waals surface area contributed by atoms with Gasteiger partial charge in [0.1, 0.15) is 12.0 Å². The van der Waals surface area contributed by atoms with Gasteiger partial charge in [-0.1, -0.05) is 36.4 Å². The number of aromatic nitrogens is 1. The zero-order valence-corrected chi connectivity index (χ0v) is 18.0. The minimum absolute atomic E-state index is 0. The van der Waals surface area contributed by atoms with Crippen molar-refractivity contribution < 1.29 is 17.9 Å². The van der Waals surface area contributed by atoms with Crippen molar-refractivity contribution in [2.24, 2.45) is 4.99 Å². The number of hydrogen-bond acceptors (Lipinski definition) is 4. The molecule has 9 heteroatoms. The molecule has 154 valence electrons. The number of hydrogen-bond donors (Lipinski definition) is 2. The number of benzene rings is 2. The number of aliphatic imine (C=N–C) groups is 1. The van der Waals surface area contributed by atoms with Crippen LogP contribution in [0.2, 0.25) is 0 Å². The molecule has 0 fully saturated rings. The number of rotatable bonds is 7. The third-order valence-electron chi connectivity index (χ3n) is 3.87. The Morgan fingerprint density at radius 1 is 1.07 bits per heavy atom. The van der Waals surface area contributed by atoms with Crippen molar-refractivity contribution in [3.05, 3.63) is 72.1 Å². The zero-order valence-electron chi connectivity index (χ0n) is 15.6. The Morgan fingerprint density at radius 3 is 2.48 bits per heavy atom. The lowest BCUT2D eigenvalue weighted by atomic mass is 10.2. The number of guanidine groups is 1. The van der Waals surface area contributed by atoms with Crippen LogP contribution < -0.4 is 15.4 Å². The Labute approximate surface area is 184 Å². The van der Waals surface area contributed by atoms with Gasteiger partial charge in [-0.2, -0.15) is 8.78 Å². The third kappa shape index (κ3) is 6.70. The number of nitrogens with one attached hydrogen (secondary N) is 2. The van der Waals surface area contributed by atoms with E-state index in [2.05, 4.69) is 25.3 Å². The predicted molar refractivity (Wildman–Crippen MR) is 117 cm³/mol. The van der Waals surface area contributed by atoms with Crippen LogP contribution in [0.1, 0.15) is 11.3 Å². The highest BCUT2D eigenvalue weighted by Gasteiger charge is 2.10. The maximum Gasteiger partial charge on any atom is 0.387 e. The fourth-order valence-electron chi connectivity index (χ4n) is 2.54. The van der Waals surface area contributed by atoms with Crippen LogP contribution in [0, 0.1) is 0 Å². The summed E-state index contributed by atoms with van der Waals surface area (Å²) in [6.45, 7) is -2.20. The lowest BCUT2D eigenvalue weighted by molar-refractivity contribution is -0.0504. The van der Waals surface area contributed by atoms with Crippen molar-refractivity contribution in [3.63, 3.8) is 0 Å². The summed E-state index contributed by atoms with van der Waals surface area (Å²) in [5.41, 5.74) is 2.20. The SMILES string of the molecule is CN=C(NCc1coc(-c2ccccc2)n1)NCc1ccccc1OC(F)F.I. The van der Waals surface area contributed by atoms with Gasteiger partial charge in [0.15, 0.2) is 5.96 Å². The first-order chi connectivity index (χ1) is 13.7. The van der Waals surface area contributed by atoms with Gasteiger partial charge in [0.25, 0.3) is 0 Å². The number of halogens is 3. The van der Waals surface area contributed by atoms with Gasteiger partial charge in [-0.3, -0.25) is 4.99 Å². The van der Waals surface area contributed by atoms with Gasteiger partial charge in [0, 0.05) is 24.7 Å². The maximum atomic E-state index is 12.5. The second-order valence-corrected chi connectivity index (χ2v) is 5.78. The van der Waals surface area contributed by atoms with E-state index < -0.39 is 6.61 Å². The van der Waals surface area contributed by atoms with Gasteiger partial charge in [-0.05, 0) is 18.2 Å². The van der Waals surface area contributed by atoms with Gasteiger partial charge >= 0.3 is 6.61 Å². The minimum atomic E-state index is -2.87. The van der Waals surface area contributed by atoms with Gasteiger partial charge < -0.3 is 19.8 Å². The summed E-state index contributed by atoms with van der Waals surface area (Å²) >= 11 is 0. The molecule has 3 aromatic rings. The largest absolute Gasteiger partial charge is 0.444 e. The Morgan fingerprint density at radius 2 is 1.76 bits per heavy atom. The predicted octanol–water partition coefficient (Wildman–Crippen LogP) is 4.43. The average Bonchev–Trinajstić information content (AvgIpc) is 3.18. The normalized spacial score (nSPS) is 11.1. The van der Waals surface area contributed by atoms with Crippen LogP contribution in [0.3, 0.4) is 0 Å². The average molecular weight is 514 g/mol. The molecule has 0 aliphatic rings. The van der Waals surface area contributed by atoms with Crippen LogP contribution in [0.5, 0.6) is 5.75 Å². The first-order valence-electron chi connectivity index (χ1n) is 8.63. The second-order valence-electron chi connectivity index (χ2n) is 5.78. The van der Waals surface area contributed by atoms with E-state index in [1.165, 1.54) is 6.07 Å². The molecular formula is C20H21F2IN4O2. The molecule has 0 spiro atoms. The molecule has 0 unspecified atom stereocenters. The Bertz CT molecular complexity index is 920. The number of nitrogens with zero attached hydrogens (tertiary/aromatic N) is 2. The van der Waals surface area contributed by atoms with Gasteiger partial charge in [-0.25, -0.2) is 4.98 Å². The molecule has 2 aromatic carbocycles. The fourth-order valence-corrected chi connectivity index (χ4v) is 2.54.